The van der Waals surface area contributed by atoms with E-state index < -0.39 is 0 Å². The smallest absolute Gasteiger partial charge is 0.235 e. The van der Waals surface area contributed by atoms with E-state index in [9.17, 15) is 9.59 Å². The number of hydrogen-bond donors (Lipinski definition) is 1. The molecule has 3 fully saturated rings. The number of imide groups is 1. The number of benzene rings is 1. The normalized spacial score (nSPS) is 21.7. The van der Waals surface area contributed by atoms with E-state index in [1.165, 1.54) is 10.4 Å². The van der Waals surface area contributed by atoms with Gasteiger partial charge in [0.15, 0.2) is 0 Å². The highest BCUT2D eigenvalue weighted by atomic mass is 32.1. The first-order valence-corrected chi connectivity index (χ1v) is 13.7. The van der Waals surface area contributed by atoms with Gasteiger partial charge in [0, 0.05) is 44.0 Å². The van der Waals surface area contributed by atoms with Crippen LogP contribution in [-0.4, -0.2) is 71.6 Å². The van der Waals surface area contributed by atoms with E-state index >= 15 is 0 Å². The van der Waals surface area contributed by atoms with Crippen LogP contribution >= 0.6 is 11.3 Å². The highest BCUT2D eigenvalue weighted by Crippen LogP contribution is 2.46. The summed E-state index contributed by atoms with van der Waals surface area (Å²) in [6, 6.07) is 10.5. The van der Waals surface area contributed by atoms with Gasteiger partial charge >= 0.3 is 0 Å². The van der Waals surface area contributed by atoms with Crippen LogP contribution in [0.2, 0.25) is 0 Å². The summed E-state index contributed by atoms with van der Waals surface area (Å²) in [6.45, 7) is 7.37. The standard InChI is InChI=1S/C27H33N5O2S/c1-19-17-20-24(28-21-7-2-3-8-22(21)29-25(20)35-19)31-15-13-30(14-16-31)11-6-12-32-23(33)18-27(26(32)34)9-4-5-10-27/h2-3,7-8,17,29H,4-6,9-16,18H2,1H3. The number of carbonyl (C=O) groups excluding carboxylic acids is 2. The van der Waals surface area contributed by atoms with Gasteiger partial charge in [-0.1, -0.05) is 25.0 Å². The number of fused-ring (bicyclic) bond motifs is 2. The maximum atomic E-state index is 12.9. The van der Waals surface area contributed by atoms with Crippen LogP contribution in [0.1, 0.15) is 49.0 Å². The molecule has 0 atom stereocenters. The van der Waals surface area contributed by atoms with Gasteiger partial charge in [0.05, 0.1) is 22.4 Å². The highest BCUT2D eigenvalue weighted by Gasteiger charge is 2.52. The molecule has 1 aromatic carbocycles. The first-order valence-electron chi connectivity index (χ1n) is 12.9. The van der Waals surface area contributed by atoms with E-state index in [0.717, 1.165) is 87.0 Å². The molecule has 8 heteroatoms. The van der Waals surface area contributed by atoms with E-state index in [0.29, 0.717) is 13.0 Å². The number of nitrogens with zero attached hydrogens (tertiary/aromatic N) is 4. The number of aryl methyl sites for hydroxylation is 1. The molecule has 184 valence electrons. The molecule has 2 aromatic rings. The van der Waals surface area contributed by atoms with Crippen LogP contribution in [0.3, 0.4) is 0 Å². The van der Waals surface area contributed by atoms with Crippen molar-refractivity contribution in [3.63, 3.8) is 0 Å². The highest BCUT2D eigenvalue weighted by molar-refractivity contribution is 7.16. The summed E-state index contributed by atoms with van der Waals surface area (Å²) in [4.78, 5) is 38.3. The molecule has 2 amide bonds. The van der Waals surface area contributed by atoms with Crippen molar-refractivity contribution in [3.8, 4) is 0 Å². The maximum absolute atomic E-state index is 12.9. The average molecular weight is 492 g/mol. The lowest BCUT2D eigenvalue weighted by atomic mass is 9.84. The molecule has 1 aliphatic carbocycles. The van der Waals surface area contributed by atoms with Gasteiger partial charge in [0.2, 0.25) is 11.8 Å². The van der Waals surface area contributed by atoms with Gasteiger partial charge < -0.3 is 10.2 Å². The van der Waals surface area contributed by atoms with Gasteiger partial charge in [-0.05, 0) is 50.9 Å². The van der Waals surface area contributed by atoms with Crippen LogP contribution in [0, 0.1) is 12.3 Å². The van der Waals surface area contributed by atoms with E-state index in [1.54, 1.807) is 16.2 Å². The molecule has 0 unspecified atom stereocenters. The fourth-order valence-corrected chi connectivity index (χ4v) is 7.07. The fourth-order valence-electron chi connectivity index (χ4n) is 6.15. The van der Waals surface area contributed by atoms with E-state index in [2.05, 4.69) is 40.2 Å². The number of likely N-dealkylation sites (tertiary alicyclic amines) is 1. The number of piperazine rings is 1. The van der Waals surface area contributed by atoms with Crippen molar-refractivity contribution >= 4 is 45.4 Å². The van der Waals surface area contributed by atoms with Crippen LogP contribution in [0.15, 0.2) is 35.3 Å². The summed E-state index contributed by atoms with van der Waals surface area (Å²) < 4.78 is 0. The molecule has 0 radical (unpaired) electrons. The lowest BCUT2D eigenvalue weighted by molar-refractivity contribution is -0.141. The fraction of sp³-hybridized carbons (Fsp3) is 0.519. The predicted octanol–water partition coefficient (Wildman–Crippen LogP) is 4.52. The Bertz CT molecular complexity index is 1170. The SMILES string of the molecule is Cc1cc2c(s1)Nc1ccccc1N=C2N1CCN(CCCN2C(=O)CC3(CCCC3)C2=O)CC1. The number of para-hydroxylation sites is 2. The number of hydrogen-bond acceptors (Lipinski definition) is 7. The molecule has 2 saturated heterocycles. The summed E-state index contributed by atoms with van der Waals surface area (Å²) in [6.07, 6.45) is 5.23. The lowest BCUT2D eigenvalue weighted by Crippen LogP contribution is -2.49. The zero-order valence-corrected chi connectivity index (χ0v) is 21.2. The third-order valence-electron chi connectivity index (χ3n) is 8.05. The number of nitrogens with one attached hydrogen (secondary N) is 1. The van der Waals surface area contributed by atoms with Crippen molar-refractivity contribution in [2.24, 2.45) is 10.4 Å². The molecule has 35 heavy (non-hydrogen) atoms. The van der Waals surface area contributed by atoms with Crippen molar-refractivity contribution in [1.82, 2.24) is 14.7 Å². The summed E-state index contributed by atoms with van der Waals surface area (Å²) in [5.74, 6) is 1.20. The van der Waals surface area contributed by atoms with E-state index in [4.69, 9.17) is 4.99 Å². The average Bonchev–Trinajstić information content (AvgIpc) is 3.51. The molecule has 1 N–H and O–H groups in total. The monoisotopic (exact) mass is 491 g/mol. The van der Waals surface area contributed by atoms with Crippen molar-refractivity contribution in [1.29, 1.82) is 0 Å². The molecule has 4 heterocycles. The van der Waals surface area contributed by atoms with Gasteiger partial charge in [0.1, 0.15) is 10.8 Å². The summed E-state index contributed by atoms with van der Waals surface area (Å²) >= 11 is 1.78. The second kappa shape index (κ2) is 9.06. The Morgan fingerprint density at radius 1 is 1.06 bits per heavy atom. The van der Waals surface area contributed by atoms with Gasteiger partial charge in [-0.25, -0.2) is 4.99 Å². The minimum atomic E-state index is -0.353. The minimum absolute atomic E-state index is 0.0452. The molecule has 6 rings (SSSR count). The molecule has 1 saturated carbocycles. The van der Waals surface area contributed by atoms with Crippen molar-refractivity contribution < 1.29 is 9.59 Å². The van der Waals surface area contributed by atoms with Crippen LogP contribution in [0.25, 0.3) is 0 Å². The molecule has 3 aliphatic heterocycles. The third kappa shape index (κ3) is 4.16. The number of amides is 2. The largest absolute Gasteiger partial charge is 0.353 e. The Hall–Kier alpha value is -2.71. The molecular formula is C27H33N5O2S. The van der Waals surface area contributed by atoms with Gasteiger partial charge in [-0.3, -0.25) is 19.4 Å². The molecule has 4 aliphatic rings. The Morgan fingerprint density at radius 2 is 1.83 bits per heavy atom. The van der Waals surface area contributed by atoms with Crippen LogP contribution < -0.4 is 5.32 Å². The summed E-state index contributed by atoms with van der Waals surface area (Å²) in [5.41, 5.74) is 2.86. The maximum Gasteiger partial charge on any atom is 0.235 e. The van der Waals surface area contributed by atoms with Gasteiger partial charge in [0.25, 0.3) is 0 Å². The second-order valence-corrected chi connectivity index (χ2v) is 11.6. The number of carbonyl (C=O) groups is 2. The van der Waals surface area contributed by atoms with E-state index in [-0.39, 0.29) is 17.2 Å². The molecule has 1 spiro atoms. The first-order chi connectivity index (χ1) is 17.0. The molecule has 7 nitrogen and oxygen atoms in total. The summed E-state index contributed by atoms with van der Waals surface area (Å²) in [5, 5.41) is 4.75. The topological polar surface area (TPSA) is 68.2 Å². The Morgan fingerprint density at radius 3 is 2.63 bits per heavy atom. The van der Waals surface area contributed by atoms with Crippen molar-refractivity contribution in [2.75, 3.05) is 44.6 Å². The Labute approximate surface area is 210 Å². The van der Waals surface area contributed by atoms with Crippen LogP contribution in [0.5, 0.6) is 0 Å². The van der Waals surface area contributed by atoms with Crippen molar-refractivity contribution in [2.45, 2.75) is 45.4 Å². The minimum Gasteiger partial charge on any atom is -0.353 e. The predicted molar refractivity (Wildman–Crippen MR) is 140 cm³/mol. The number of aliphatic imine (C=N–C) groups is 1. The van der Waals surface area contributed by atoms with Gasteiger partial charge in [-0.2, -0.15) is 0 Å². The van der Waals surface area contributed by atoms with Gasteiger partial charge in [-0.15, -0.1) is 11.3 Å². The Balaban J connectivity index is 1.07. The zero-order chi connectivity index (χ0) is 24.0. The number of thiophene rings is 1. The number of rotatable bonds is 4. The third-order valence-corrected chi connectivity index (χ3v) is 9.02. The number of amidine groups is 1. The molecule has 0 bridgehead atoms. The van der Waals surface area contributed by atoms with Crippen LogP contribution in [-0.2, 0) is 9.59 Å². The second-order valence-electron chi connectivity index (χ2n) is 10.4. The number of anilines is 2. The molecule has 1 aromatic heterocycles. The summed E-state index contributed by atoms with van der Waals surface area (Å²) in [7, 11) is 0. The zero-order valence-electron chi connectivity index (χ0n) is 20.4. The lowest BCUT2D eigenvalue weighted by Gasteiger charge is -2.36. The Kier molecular flexibility index (Phi) is 5.89. The van der Waals surface area contributed by atoms with Crippen LogP contribution in [0.4, 0.5) is 16.4 Å². The van der Waals surface area contributed by atoms with Crippen molar-refractivity contribution in [3.05, 3.63) is 40.8 Å². The quantitative estimate of drug-likeness (QED) is 0.637. The molecular weight excluding hydrogens is 458 g/mol. The first kappa shape index (κ1) is 22.7. The van der Waals surface area contributed by atoms with E-state index in [1.807, 2.05) is 12.1 Å².